The quantitative estimate of drug-likeness (QED) is 0.152. The molecule has 12 rings (SSSR count). The zero-order valence-electron chi connectivity index (χ0n) is 35.6. The van der Waals surface area contributed by atoms with Crippen molar-refractivity contribution in [1.29, 1.82) is 0 Å². The van der Waals surface area contributed by atoms with Gasteiger partial charge < -0.3 is 0 Å². The molecule has 0 unspecified atom stereocenters. The van der Waals surface area contributed by atoms with E-state index in [1.807, 2.05) is 24.3 Å². The number of benzene rings is 10. The van der Waals surface area contributed by atoms with E-state index in [1.54, 1.807) is 0 Å². The van der Waals surface area contributed by atoms with Crippen molar-refractivity contribution in [2.45, 2.75) is 5.41 Å². The monoisotopic (exact) mass is 826 g/mol. The molecule has 0 atom stereocenters. The van der Waals surface area contributed by atoms with Crippen molar-refractivity contribution in [3.8, 4) is 78.4 Å². The highest BCUT2D eigenvalue weighted by Crippen LogP contribution is 2.56. The number of rotatable bonds is 8. The second-order valence-corrected chi connectivity index (χ2v) is 16.8. The van der Waals surface area contributed by atoms with Gasteiger partial charge in [0.15, 0.2) is 5.82 Å². The first kappa shape index (κ1) is 38.2. The zero-order chi connectivity index (χ0) is 43.2. The summed E-state index contributed by atoms with van der Waals surface area (Å²) in [4.78, 5) is 10.4. The molecule has 1 heterocycles. The number of nitrogens with zero attached hydrogens (tertiary/aromatic N) is 2. The second kappa shape index (κ2) is 16.0. The summed E-state index contributed by atoms with van der Waals surface area (Å²) in [5, 5.41) is 2.33. The van der Waals surface area contributed by atoms with Crippen molar-refractivity contribution >= 4 is 10.8 Å². The molecule has 0 amide bonds. The third kappa shape index (κ3) is 6.58. The molecule has 1 aliphatic carbocycles. The number of fused-ring (bicyclic) bond motifs is 4. The first-order chi connectivity index (χ1) is 32.2. The molecule has 1 aromatic heterocycles. The Kier molecular flexibility index (Phi) is 9.43. The van der Waals surface area contributed by atoms with Crippen molar-refractivity contribution in [3.63, 3.8) is 0 Å². The van der Waals surface area contributed by atoms with E-state index in [1.165, 1.54) is 72.1 Å². The number of aromatic nitrogens is 2. The molecule has 0 saturated heterocycles. The predicted octanol–water partition coefficient (Wildman–Crippen LogP) is 16.0. The third-order valence-electron chi connectivity index (χ3n) is 13.2. The van der Waals surface area contributed by atoms with Crippen molar-refractivity contribution in [1.82, 2.24) is 9.97 Å². The molecule has 65 heavy (non-hydrogen) atoms. The van der Waals surface area contributed by atoms with Crippen LogP contribution in [0.3, 0.4) is 0 Å². The van der Waals surface area contributed by atoms with E-state index in [0.29, 0.717) is 5.82 Å². The molecular weight excluding hydrogens is 785 g/mol. The average molecular weight is 827 g/mol. The van der Waals surface area contributed by atoms with Crippen LogP contribution in [0.15, 0.2) is 255 Å². The Bertz CT molecular complexity index is 3450. The molecule has 0 spiro atoms. The van der Waals surface area contributed by atoms with Crippen LogP contribution in [-0.2, 0) is 5.41 Å². The van der Waals surface area contributed by atoms with Crippen LogP contribution in [-0.4, -0.2) is 9.97 Å². The van der Waals surface area contributed by atoms with Crippen LogP contribution in [0.5, 0.6) is 0 Å². The van der Waals surface area contributed by atoms with Gasteiger partial charge >= 0.3 is 0 Å². The Hall–Kier alpha value is -8.46. The summed E-state index contributed by atoms with van der Waals surface area (Å²) in [5.41, 5.74) is 19.3. The fourth-order valence-corrected chi connectivity index (χ4v) is 10.2. The summed E-state index contributed by atoms with van der Waals surface area (Å²) < 4.78 is 0. The van der Waals surface area contributed by atoms with Crippen molar-refractivity contribution in [2.24, 2.45) is 0 Å². The molecule has 2 nitrogen and oxygen atoms in total. The SMILES string of the molecule is c1ccc(-c2ccc(-c3cc(-c4ccc(-c5ccc(-c6ccc7c(c6)-c6ccccc6C7(c6ccccc6)c6ccccc6)cc5)c5ccccc45)nc(-c4ccccc4)n3)cc2)cc1. The highest BCUT2D eigenvalue weighted by atomic mass is 14.9. The lowest BCUT2D eigenvalue weighted by atomic mass is 9.67. The van der Waals surface area contributed by atoms with E-state index >= 15 is 0 Å². The van der Waals surface area contributed by atoms with E-state index in [9.17, 15) is 0 Å². The molecular formula is C63H42N2. The van der Waals surface area contributed by atoms with Crippen molar-refractivity contribution in [3.05, 3.63) is 277 Å². The lowest BCUT2D eigenvalue weighted by Crippen LogP contribution is -2.28. The van der Waals surface area contributed by atoms with Crippen LogP contribution in [0.2, 0.25) is 0 Å². The van der Waals surface area contributed by atoms with Gasteiger partial charge in [-0.2, -0.15) is 0 Å². The summed E-state index contributed by atoms with van der Waals surface area (Å²) in [5.74, 6) is 0.704. The molecule has 0 N–H and O–H groups in total. The van der Waals surface area contributed by atoms with E-state index < -0.39 is 5.41 Å². The Morgan fingerprint density at radius 3 is 1.35 bits per heavy atom. The molecule has 0 fully saturated rings. The Morgan fingerprint density at radius 2 is 0.692 bits per heavy atom. The van der Waals surface area contributed by atoms with E-state index in [0.717, 1.165) is 33.5 Å². The van der Waals surface area contributed by atoms with Gasteiger partial charge in [-0.1, -0.05) is 243 Å². The average Bonchev–Trinajstić information content (AvgIpc) is 3.70. The van der Waals surface area contributed by atoms with Gasteiger partial charge in [-0.05, 0) is 89.7 Å². The summed E-state index contributed by atoms with van der Waals surface area (Å²) >= 11 is 0. The Balaban J connectivity index is 0.921. The molecule has 1 aliphatic rings. The number of hydrogen-bond acceptors (Lipinski definition) is 2. The van der Waals surface area contributed by atoms with Crippen molar-refractivity contribution < 1.29 is 0 Å². The van der Waals surface area contributed by atoms with Gasteiger partial charge in [0.2, 0.25) is 0 Å². The minimum atomic E-state index is -0.408. The highest BCUT2D eigenvalue weighted by Gasteiger charge is 2.45. The maximum atomic E-state index is 5.23. The van der Waals surface area contributed by atoms with Crippen LogP contribution < -0.4 is 0 Å². The van der Waals surface area contributed by atoms with Crippen molar-refractivity contribution in [2.75, 3.05) is 0 Å². The zero-order valence-corrected chi connectivity index (χ0v) is 35.6. The summed E-state index contributed by atoms with van der Waals surface area (Å²) in [6, 6.07) is 91.9. The highest BCUT2D eigenvalue weighted by molar-refractivity contribution is 6.05. The van der Waals surface area contributed by atoms with Gasteiger partial charge in [0.25, 0.3) is 0 Å². The third-order valence-corrected chi connectivity index (χ3v) is 13.2. The van der Waals surface area contributed by atoms with Gasteiger partial charge in [0, 0.05) is 16.7 Å². The first-order valence-electron chi connectivity index (χ1n) is 22.3. The molecule has 11 aromatic rings. The summed E-state index contributed by atoms with van der Waals surface area (Å²) in [6.07, 6.45) is 0. The van der Waals surface area contributed by atoms with E-state index in [4.69, 9.17) is 9.97 Å². The van der Waals surface area contributed by atoms with Crippen LogP contribution in [0.4, 0.5) is 0 Å². The Morgan fingerprint density at radius 1 is 0.246 bits per heavy atom. The maximum Gasteiger partial charge on any atom is 0.160 e. The van der Waals surface area contributed by atoms with Gasteiger partial charge in [-0.15, -0.1) is 0 Å². The van der Waals surface area contributed by atoms with Gasteiger partial charge in [0.1, 0.15) is 0 Å². The van der Waals surface area contributed by atoms with Crippen LogP contribution >= 0.6 is 0 Å². The maximum absolute atomic E-state index is 5.23. The Labute approximate surface area is 379 Å². The van der Waals surface area contributed by atoms with Gasteiger partial charge in [0.05, 0.1) is 16.8 Å². The molecule has 304 valence electrons. The molecule has 0 aliphatic heterocycles. The van der Waals surface area contributed by atoms with Crippen LogP contribution in [0.1, 0.15) is 22.3 Å². The molecule has 0 saturated carbocycles. The summed E-state index contributed by atoms with van der Waals surface area (Å²) in [6.45, 7) is 0. The first-order valence-corrected chi connectivity index (χ1v) is 22.3. The summed E-state index contributed by atoms with van der Waals surface area (Å²) in [7, 11) is 0. The second-order valence-electron chi connectivity index (χ2n) is 16.8. The topological polar surface area (TPSA) is 25.8 Å². The lowest BCUT2D eigenvalue weighted by Gasteiger charge is -2.33. The van der Waals surface area contributed by atoms with Crippen LogP contribution in [0, 0.1) is 0 Å². The smallest absolute Gasteiger partial charge is 0.160 e. The van der Waals surface area contributed by atoms with E-state index in [-0.39, 0.29) is 0 Å². The minimum Gasteiger partial charge on any atom is -0.228 e. The largest absolute Gasteiger partial charge is 0.228 e. The molecule has 10 aromatic carbocycles. The fraction of sp³-hybridized carbons (Fsp3) is 0.0159. The predicted molar refractivity (Wildman–Crippen MR) is 269 cm³/mol. The van der Waals surface area contributed by atoms with E-state index in [2.05, 4.69) is 231 Å². The standard InChI is InChI=1S/C63H42N2/c1-5-17-43(18-6-1)44-31-35-47(36-32-44)60-42-61(65-62(64-60)48-19-7-2-8-20-48)56-39-38-52(53-25-13-14-26-54(53)56)46-33-29-45(30-34-46)49-37-40-59-57(41-49)55-27-15-16-28-58(55)63(59,50-21-9-3-10-22-50)51-23-11-4-12-24-51/h1-42H. The fourth-order valence-electron chi connectivity index (χ4n) is 10.2. The molecule has 0 radical (unpaired) electrons. The number of hydrogen-bond donors (Lipinski definition) is 0. The van der Waals surface area contributed by atoms with Gasteiger partial charge in [-0.3, -0.25) is 0 Å². The van der Waals surface area contributed by atoms with Crippen LogP contribution in [0.25, 0.3) is 89.2 Å². The lowest BCUT2D eigenvalue weighted by molar-refractivity contribution is 0.768. The minimum absolute atomic E-state index is 0.408. The normalized spacial score (nSPS) is 12.4. The molecule has 0 bridgehead atoms. The molecule has 2 heteroatoms. The van der Waals surface area contributed by atoms with Gasteiger partial charge in [-0.25, -0.2) is 9.97 Å².